The quantitative estimate of drug-likeness (QED) is 0.552. The third kappa shape index (κ3) is 3.53. The van der Waals surface area contributed by atoms with Crippen molar-refractivity contribution in [3.05, 3.63) is 47.0 Å². The smallest absolute Gasteiger partial charge is 0.252 e. The molecule has 3 N–H and O–H groups in total. The van der Waals surface area contributed by atoms with Crippen molar-refractivity contribution in [2.75, 3.05) is 19.6 Å². The van der Waals surface area contributed by atoms with E-state index in [0.717, 1.165) is 18.5 Å². The lowest BCUT2D eigenvalue weighted by Crippen LogP contribution is -2.36. The summed E-state index contributed by atoms with van der Waals surface area (Å²) in [5.74, 6) is -0.284. The monoisotopic (exact) mass is 274 g/mol. The number of hydrogen-bond acceptors (Lipinski definition) is 4. The van der Waals surface area contributed by atoms with E-state index in [4.69, 9.17) is 0 Å². The fraction of sp³-hybridized carbons (Fsp3) is 0.333. The van der Waals surface area contributed by atoms with Gasteiger partial charge in [-0.1, -0.05) is 24.3 Å². The normalized spacial score (nSPS) is 20.6. The minimum absolute atomic E-state index is 0.284. The first-order valence-corrected chi connectivity index (χ1v) is 6.62. The van der Waals surface area contributed by atoms with E-state index >= 15 is 0 Å². The summed E-state index contributed by atoms with van der Waals surface area (Å²) in [6.45, 7) is 1.73. The first kappa shape index (κ1) is 14.4. The Morgan fingerprint density at radius 2 is 2.25 bits per heavy atom. The summed E-state index contributed by atoms with van der Waals surface area (Å²) in [4.78, 5) is 22.8. The predicted molar refractivity (Wildman–Crippen MR) is 75.7 cm³/mol. The lowest BCUT2D eigenvalue weighted by Gasteiger charge is -2.21. The molecule has 1 heterocycles. The Bertz CT molecular complexity index is 526. The molecule has 0 saturated carbocycles. The topological polar surface area (TPSA) is 78.4 Å². The molecule has 0 spiro atoms. The van der Waals surface area contributed by atoms with Gasteiger partial charge >= 0.3 is 0 Å². The first-order valence-electron chi connectivity index (χ1n) is 6.62. The van der Waals surface area contributed by atoms with Crippen LogP contribution in [0.5, 0.6) is 0 Å². The number of amides is 1. The third-order valence-electron chi connectivity index (χ3n) is 3.32. The minimum Gasteiger partial charge on any atom is -0.387 e. The van der Waals surface area contributed by atoms with Crippen LogP contribution in [-0.4, -0.2) is 43.0 Å². The van der Waals surface area contributed by atoms with Gasteiger partial charge in [0.1, 0.15) is 0 Å². The van der Waals surface area contributed by atoms with Crippen LogP contribution in [0.15, 0.2) is 35.9 Å². The summed E-state index contributed by atoms with van der Waals surface area (Å²) in [5.41, 5.74) is 1.68. The zero-order valence-corrected chi connectivity index (χ0v) is 11.1. The number of aliphatic hydroxyl groups is 1. The Morgan fingerprint density at radius 1 is 1.45 bits per heavy atom. The minimum atomic E-state index is -0.483. The molecule has 1 aromatic rings. The zero-order chi connectivity index (χ0) is 14.4. The van der Waals surface area contributed by atoms with Gasteiger partial charge < -0.3 is 15.7 Å². The highest BCUT2D eigenvalue weighted by Gasteiger charge is 2.15. The summed E-state index contributed by atoms with van der Waals surface area (Å²) in [6.07, 6.45) is 2.81. The molecule has 1 saturated heterocycles. The lowest BCUT2D eigenvalue weighted by atomic mass is 10.0. The lowest BCUT2D eigenvalue weighted by molar-refractivity contribution is 0.0952. The van der Waals surface area contributed by atoms with Crippen molar-refractivity contribution >= 4 is 12.2 Å². The molecule has 0 aromatic heterocycles. The van der Waals surface area contributed by atoms with Crippen molar-refractivity contribution in [1.29, 1.82) is 0 Å². The van der Waals surface area contributed by atoms with Crippen LogP contribution in [0.25, 0.3) is 0 Å². The Labute approximate surface area is 117 Å². The fourth-order valence-corrected chi connectivity index (χ4v) is 2.18. The SMILES string of the molecule is O=Cc1ccccc1C(=O)NC/C=C1\CCNCC1O. The number of benzene rings is 1. The Hall–Kier alpha value is -1.98. The van der Waals surface area contributed by atoms with E-state index in [0.29, 0.717) is 30.5 Å². The highest BCUT2D eigenvalue weighted by Crippen LogP contribution is 2.10. The molecule has 1 fully saturated rings. The maximum atomic E-state index is 12.0. The highest BCUT2D eigenvalue weighted by molar-refractivity contribution is 6.01. The number of β-amino-alcohol motifs (C(OH)–C–C–N with tert-alkyl or cyclic N) is 1. The molecule has 5 heteroatoms. The van der Waals surface area contributed by atoms with Crippen molar-refractivity contribution in [3.8, 4) is 0 Å². The van der Waals surface area contributed by atoms with E-state index in [1.807, 2.05) is 6.08 Å². The Balaban J connectivity index is 1.95. The second-order valence-electron chi connectivity index (χ2n) is 4.66. The molecule has 2 rings (SSSR count). The van der Waals surface area contributed by atoms with Crippen LogP contribution in [0.3, 0.4) is 0 Å². The van der Waals surface area contributed by atoms with Crippen molar-refractivity contribution in [2.24, 2.45) is 0 Å². The molecular formula is C15H18N2O3. The molecule has 0 bridgehead atoms. The first-order chi connectivity index (χ1) is 9.72. The number of nitrogens with one attached hydrogen (secondary N) is 2. The highest BCUT2D eigenvalue weighted by atomic mass is 16.3. The molecular weight excluding hydrogens is 256 g/mol. The summed E-state index contributed by atoms with van der Waals surface area (Å²) in [7, 11) is 0. The maximum Gasteiger partial charge on any atom is 0.252 e. The maximum absolute atomic E-state index is 12.0. The van der Waals surface area contributed by atoms with Gasteiger partial charge in [0.15, 0.2) is 6.29 Å². The zero-order valence-electron chi connectivity index (χ0n) is 11.1. The predicted octanol–water partition coefficient (Wildman–Crippen LogP) is 0.509. The van der Waals surface area contributed by atoms with E-state index in [-0.39, 0.29) is 5.91 Å². The molecule has 1 unspecified atom stereocenters. The van der Waals surface area contributed by atoms with Crippen LogP contribution in [0, 0.1) is 0 Å². The van der Waals surface area contributed by atoms with Crippen molar-refractivity contribution in [1.82, 2.24) is 10.6 Å². The standard InChI is InChI=1S/C15H18N2O3/c18-10-12-3-1-2-4-13(12)15(20)17-8-6-11-5-7-16-9-14(11)19/h1-4,6,10,14,16,19H,5,7-9H2,(H,17,20)/b11-6+. The molecule has 20 heavy (non-hydrogen) atoms. The third-order valence-corrected chi connectivity index (χ3v) is 3.32. The van der Waals surface area contributed by atoms with Gasteiger partial charge in [0, 0.05) is 24.2 Å². The Morgan fingerprint density at radius 3 is 3.00 bits per heavy atom. The van der Waals surface area contributed by atoms with E-state index in [2.05, 4.69) is 10.6 Å². The van der Waals surface area contributed by atoms with Gasteiger partial charge in [-0.2, -0.15) is 0 Å². The van der Waals surface area contributed by atoms with Crippen molar-refractivity contribution in [3.63, 3.8) is 0 Å². The second-order valence-corrected chi connectivity index (χ2v) is 4.66. The van der Waals surface area contributed by atoms with Crippen LogP contribution in [-0.2, 0) is 0 Å². The molecule has 0 aliphatic carbocycles. The van der Waals surface area contributed by atoms with Gasteiger partial charge in [0.05, 0.1) is 6.10 Å². The molecule has 1 atom stereocenters. The fourth-order valence-electron chi connectivity index (χ4n) is 2.18. The van der Waals surface area contributed by atoms with Crippen LogP contribution in [0.2, 0.25) is 0 Å². The number of rotatable bonds is 4. The van der Waals surface area contributed by atoms with Gasteiger partial charge in [-0.3, -0.25) is 9.59 Å². The van der Waals surface area contributed by atoms with E-state index in [1.54, 1.807) is 24.3 Å². The van der Waals surface area contributed by atoms with E-state index in [9.17, 15) is 14.7 Å². The molecule has 1 aliphatic heterocycles. The van der Waals surface area contributed by atoms with Gasteiger partial charge in [0.2, 0.25) is 0 Å². The van der Waals surface area contributed by atoms with Crippen molar-refractivity contribution in [2.45, 2.75) is 12.5 Å². The molecule has 1 aromatic carbocycles. The van der Waals surface area contributed by atoms with Gasteiger partial charge in [0.25, 0.3) is 5.91 Å². The molecule has 1 aliphatic rings. The molecule has 106 valence electrons. The molecule has 5 nitrogen and oxygen atoms in total. The van der Waals surface area contributed by atoms with Gasteiger partial charge in [-0.05, 0) is 24.6 Å². The van der Waals surface area contributed by atoms with E-state index < -0.39 is 6.10 Å². The number of aldehydes is 1. The van der Waals surface area contributed by atoms with Crippen molar-refractivity contribution < 1.29 is 14.7 Å². The molecule has 0 radical (unpaired) electrons. The molecule has 1 amide bonds. The summed E-state index contributed by atoms with van der Waals surface area (Å²) in [6, 6.07) is 6.66. The van der Waals surface area contributed by atoms with E-state index in [1.165, 1.54) is 0 Å². The number of piperidine rings is 1. The number of carbonyl (C=O) groups excluding carboxylic acids is 2. The largest absolute Gasteiger partial charge is 0.387 e. The van der Waals surface area contributed by atoms with Crippen LogP contribution in [0.1, 0.15) is 27.1 Å². The number of carbonyl (C=O) groups is 2. The number of hydrogen-bond donors (Lipinski definition) is 3. The van der Waals surface area contributed by atoms with Crippen LogP contribution < -0.4 is 10.6 Å². The summed E-state index contributed by atoms with van der Waals surface area (Å²) in [5, 5.41) is 15.6. The number of aliphatic hydroxyl groups excluding tert-OH is 1. The van der Waals surface area contributed by atoms with Gasteiger partial charge in [-0.25, -0.2) is 0 Å². The summed E-state index contributed by atoms with van der Waals surface area (Å²) < 4.78 is 0. The average molecular weight is 274 g/mol. The Kier molecular flexibility index (Phi) is 5.03. The van der Waals surface area contributed by atoms with Crippen LogP contribution >= 0.6 is 0 Å². The average Bonchev–Trinajstić information content (AvgIpc) is 2.49. The summed E-state index contributed by atoms with van der Waals surface area (Å²) >= 11 is 0. The van der Waals surface area contributed by atoms with Crippen LogP contribution in [0.4, 0.5) is 0 Å². The van der Waals surface area contributed by atoms with Gasteiger partial charge in [-0.15, -0.1) is 0 Å². The second kappa shape index (κ2) is 6.98.